The van der Waals surface area contributed by atoms with Gasteiger partial charge in [-0.1, -0.05) is 33.9 Å². The van der Waals surface area contributed by atoms with E-state index >= 15 is 0 Å². The lowest BCUT2D eigenvalue weighted by molar-refractivity contribution is 0.552. The maximum Gasteiger partial charge on any atom is 0.112 e. The first-order chi connectivity index (χ1) is 5.99. The zero-order valence-corrected chi connectivity index (χ0v) is 8.52. The molecular weight excluding hydrogens is 160 g/mol. The lowest BCUT2D eigenvalue weighted by Gasteiger charge is -2.13. The number of aromatic nitrogens is 2. The molecule has 0 saturated carbocycles. The van der Waals surface area contributed by atoms with Crippen molar-refractivity contribution >= 4 is 12.2 Å². The molecule has 0 aliphatic carbocycles. The van der Waals surface area contributed by atoms with Crippen LogP contribution in [0.1, 0.15) is 38.0 Å². The molecule has 0 bridgehead atoms. The van der Waals surface area contributed by atoms with Crippen molar-refractivity contribution in [2.45, 2.75) is 26.2 Å². The van der Waals surface area contributed by atoms with Gasteiger partial charge in [-0.2, -0.15) is 0 Å². The van der Waals surface area contributed by atoms with Crippen molar-refractivity contribution in [2.24, 2.45) is 0 Å². The second-order valence-electron chi connectivity index (χ2n) is 4.04. The molecule has 1 N–H and O–H groups in total. The highest BCUT2D eigenvalue weighted by atomic mass is 14.9. The number of hydrogen-bond acceptors (Lipinski definition) is 1. The van der Waals surface area contributed by atoms with E-state index in [2.05, 4.69) is 43.9 Å². The Hall–Kier alpha value is -1.31. The molecule has 0 atom stereocenters. The molecule has 0 aliphatic rings. The molecule has 0 radical (unpaired) electrons. The first-order valence-electron chi connectivity index (χ1n) is 4.34. The normalized spacial score (nSPS) is 11.3. The molecule has 0 unspecified atom stereocenters. The number of aromatic amines is 1. The van der Waals surface area contributed by atoms with E-state index in [0.29, 0.717) is 0 Å². The van der Waals surface area contributed by atoms with E-state index in [1.54, 1.807) is 12.2 Å². The van der Waals surface area contributed by atoms with Crippen LogP contribution in [0.15, 0.2) is 13.2 Å². The fourth-order valence-electron chi connectivity index (χ4n) is 1.07. The largest absolute Gasteiger partial charge is 0.342 e. The Labute approximate surface area is 79.4 Å². The van der Waals surface area contributed by atoms with Crippen molar-refractivity contribution in [1.82, 2.24) is 9.97 Å². The van der Waals surface area contributed by atoms with Crippen molar-refractivity contribution in [3.63, 3.8) is 0 Å². The topological polar surface area (TPSA) is 28.7 Å². The summed E-state index contributed by atoms with van der Waals surface area (Å²) in [4.78, 5) is 7.65. The molecule has 2 nitrogen and oxygen atoms in total. The van der Waals surface area contributed by atoms with Crippen LogP contribution >= 0.6 is 0 Å². The zero-order chi connectivity index (χ0) is 10.1. The van der Waals surface area contributed by atoms with Crippen LogP contribution in [0.25, 0.3) is 12.2 Å². The molecule has 2 heteroatoms. The minimum atomic E-state index is 0.0407. The zero-order valence-electron chi connectivity index (χ0n) is 8.52. The van der Waals surface area contributed by atoms with Crippen LogP contribution in [0.5, 0.6) is 0 Å². The van der Waals surface area contributed by atoms with E-state index in [-0.39, 0.29) is 5.41 Å². The Morgan fingerprint density at radius 2 is 1.85 bits per heavy atom. The number of nitrogens with zero attached hydrogens (tertiary/aromatic N) is 1. The van der Waals surface area contributed by atoms with Gasteiger partial charge < -0.3 is 4.98 Å². The fourth-order valence-corrected chi connectivity index (χ4v) is 1.07. The van der Waals surface area contributed by atoms with Crippen LogP contribution in [0.4, 0.5) is 0 Å². The van der Waals surface area contributed by atoms with Crippen LogP contribution < -0.4 is 0 Å². The van der Waals surface area contributed by atoms with Gasteiger partial charge in [0.05, 0.1) is 11.4 Å². The van der Waals surface area contributed by atoms with Gasteiger partial charge in [-0.25, -0.2) is 4.98 Å². The molecule has 1 heterocycles. The third-order valence-electron chi connectivity index (χ3n) is 1.87. The standard InChI is InChI=1S/C11H16N2/c1-6-8-9(7-2)13-10(12-8)11(3,4)5/h6-7H,1-2H2,3-5H3,(H,12,13). The van der Waals surface area contributed by atoms with Gasteiger partial charge in [-0.05, 0) is 12.2 Å². The first-order valence-corrected chi connectivity index (χ1v) is 4.34. The average Bonchev–Trinajstić information content (AvgIpc) is 2.45. The Morgan fingerprint density at radius 3 is 2.15 bits per heavy atom. The SMILES string of the molecule is C=Cc1nc(C(C)(C)C)[nH]c1C=C. The van der Waals surface area contributed by atoms with Gasteiger partial charge in [-0.15, -0.1) is 0 Å². The smallest absolute Gasteiger partial charge is 0.112 e. The van der Waals surface area contributed by atoms with E-state index in [4.69, 9.17) is 0 Å². The Kier molecular flexibility index (Phi) is 2.41. The second kappa shape index (κ2) is 3.21. The highest BCUT2D eigenvalue weighted by molar-refractivity contribution is 5.57. The fraction of sp³-hybridized carbons (Fsp3) is 0.364. The quantitative estimate of drug-likeness (QED) is 0.737. The predicted octanol–water partition coefficient (Wildman–Crippen LogP) is 2.99. The molecule has 0 spiro atoms. The molecule has 1 aromatic heterocycles. The van der Waals surface area contributed by atoms with E-state index in [1.165, 1.54) is 0 Å². The Morgan fingerprint density at radius 1 is 1.23 bits per heavy atom. The maximum absolute atomic E-state index is 4.43. The molecular formula is C11H16N2. The summed E-state index contributed by atoms with van der Waals surface area (Å²) in [7, 11) is 0. The van der Waals surface area contributed by atoms with Crippen LogP contribution in [-0.2, 0) is 5.41 Å². The maximum atomic E-state index is 4.43. The molecule has 0 aromatic carbocycles. The number of rotatable bonds is 2. The second-order valence-corrected chi connectivity index (χ2v) is 4.04. The molecule has 13 heavy (non-hydrogen) atoms. The molecule has 0 aliphatic heterocycles. The molecule has 0 saturated heterocycles. The summed E-state index contributed by atoms with van der Waals surface area (Å²) in [6.07, 6.45) is 3.50. The number of nitrogens with one attached hydrogen (secondary N) is 1. The van der Waals surface area contributed by atoms with Crippen molar-refractivity contribution in [3.8, 4) is 0 Å². The summed E-state index contributed by atoms with van der Waals surface area (Å²) >= 11 is 0. The van der Waals surface area contributed by atoms with Crippen LogP contribution in [0.2, 0.25) is 0 Å². The third-order valence-corrected chi connectivity index (χ3v) is 1.87. The van der Waals surface area contributed by atoms with Crippen molar-refractivity contribution < 1.29 is 0 Å². The van der Waals surface area contributed by atoms with Gasteiger partial charge >= 0.3 is 0 Å². The number of H-pyrrole nitrogens is 1. The minimum absolute atomic E-state index is 0.0407. The van der Waals surface area contributed by atoms with Crippen LogP contribution in [0.3, 0.4) is 0 Å². The van der Waals surface area contributed by atoms with Crippen LogP contribution in [-0.4, -0.2) is 9.97 Å². The monoisotopic (exact) mass is 176 g/mol. The van der Waals surface area contributed by atoms with Gasteiger partial charge in [-0.3, -0.25) is 0 Å². The summed E-state index contributed by atoms with van der Waals surface area (Å²) in [5.74, 6) is 0.970. The Balaban J connectivity index is 3.21. The lowest BCUT2D eigenvalue weighted by atomic mass is 9.96. The van der Waals surface area contributed by atoms with E-state index in [0.717, 1.165) is 17.2 Å². The van der Waals surface area contributed by atoms with Crippen molar-refractivity contribution in [1.29, 1.82) is 0 Å². The highest BCUT2D eigenvalue weighted by Gasteiger charge is 2.18. The third kappa shape index (κ3) is 1.89. The first kappa shape index (κ1) is 9.78. The number of imidazole rings is 1. The van der Waals surface area contributed by atoms with Gasteiger partial charge in [0.25, 0.3) is 0 Å². The number of hydrogen-bond donors (Lipinski definition) is 1. The Bertz CT molecular complexity index is 301. The molecule has 1 aromatic rings. The molecule has 1 rings (SSSR count). The lowest BCUT2D eigenvalue weighted by Crippen LogP contribution is -2.13. The minimum Gasteiger partial charge on any atom is -0.342 e. The summed E-state index contributed by atoms with van der Waals surface area (Å²) in [5, 5.41) is 0. The summed E-state index contributed by atoms with van der Waals surface area (Å²) < 4.78 is 0. The summed E-state index contributed by atoms with van der Waals surface area (Å²) in [6, 6.07) is 0. The van der Waals surface area contributed by atoms with Crippen molar-refractivity contribution in [2.75, 3.05) is 0 Å². The van der Waals surface area contributed by atoms with Gasteiger partial charge in [0.2, 0.25) is 0 Å². The van der Waals surface area contributed by atoms with E-state index < -0.39 is 0 Å². The van der Waals surface area contributed by atoms with Gasteiger partial charge in [0, 0.05) is 5.41 Å². The van der Waals surface area contributed by atoms with E-state index in [9.17, 15) is 0 Å². The van der Waals surface area contributed by atoms with Gasteiger partial charge in [0.1, 0.15) is 5.82 Å². The highest BCUT2D eigenvalue weighted by Crippen LogP contribution is 2.21. The van der Waals surface area contributed by atoms with Crippen LogP contribution in [0, 0.1) is 0 Å². The predicted molar refractivity (Wildman–Crippen MR) is 57.5 cm³/mol. The summed E-state index contributed by atoms with van der Waals surface area (Å²) in [5.41, 5.74) is 1.86. The average molecular weight is 176 g/mol. The molecule has 70 valence electrons. The molecule has 0 amide bonds. The molecule has 0 fully saturated rings. The summed E-state index contributed by atoms with van der Waals surface area (Å²) in [6.45, 7) is 13.8. The van der Waals surface area contributed by atoms with E-state index in [1.807, 2.05) is 0 Å². The van der Waals surface area contributed by atoms with Crippen molar-refractivity contribution in [3.05, 3.63) is 30.4 Å². The van der Waals surface area contributed by atoms with Gasteiger partial charge in [0.15, 0.2) is 0 Å².